The maximum atomic E-state index is 14.3. The number of hydrogen-bond acceptors (Lipinski definition) is 4. The van der Waals surface area contributed by atoms with Crippen molar-refractivity contribution in [1.82, 2.24) is 14.4 Å². The van der Waals surface area contributed by atoms with Crippen molar-refractivity contribution >= 4 is 11.6 Å². The second-order valence-corrected chi connectivity index (χ2v) is 10.1. The molecule has 2 aliphatic rings. The summed E-state index contributed by atoms with van der Waals surface area (Å²) in [5, 5.41) is 0. The van der Waals surface area contributed by atoms with Crippen LogP contribution in [-0.2, 0) is 23.8 Å². The summed E-state index contributed by atoms with van der Waals surface area (Å²) in [5.41, 5.74) is 8.35. The van der Waals surface area contributed by atoms with Gasteiger partial charge in [-0.05, 0) is 63.0 Å². The molecule has 5 nitrogen and oxygen atoms in total. The number of hydrogen-bond donors (Lipinski definition) is 1. The van der Waals surface area contributed by atoms with Gasteiger partial charge in [0.1, 0.15) is 17.8 Å². The standard InChI is InChI=1S/C27H36F3N4O/c1-3-33-14-11-21(12-15-33)25(31)26(35)34(16-6-9-23-24(34)10-5-13-32-23)19(2)17-20-7-4-8-22(18-20)27(28,29)30/h4-5,7-8,10,13,18-19,21,25H,3,6,9,11-12,14-17,31H2,1-2H3/q+1. The molecule has 2 N–H and O–H groups in total. The Bertz CT molecular complexity index is 1040. The monoisotopic (exact) mass is 489 g/mol. The Morgan fingerprint density at radius 1 is 1.23 bits per heavy atom. The van der Waals surface area contributed by atoms with E-state index in [1.165, 1.54) is 12.1 Å². The average Bonchev–Trinajstić information content (AvgIpc) is 2.87. The molecule has 1 fully saturated rings. The van der Waals surface area contributed by atoms with Crippen LogP contribution in [0, 0.1) is 5.92 Å². The quantitative estimate of drug-likeness (QED) is 0.604. The third-order valence-electron chi connectivity index (χ3n) is 8.02. The van der Waals surface area contributed by atoms with Crippen molar-refractivity contribution in [3.63, 3.8) is 0 Å². The summed E-state index contributed by atoms with van der Waals surface area (Å²) in [4.78, 5) is 21.2. The number of likely N-dealkylation sites (tertiary alicyclic amines) is 1. The predicted octanol–water partition coefficient (Wildman–Crippen LogP) is 4.57. The number of nitrogens with two attached hydrogens (primary N) is 1. The summed E-state index contributed by atoms with van der Waals surface area (Å²) in [6.45, 7) is 7.54. The minimum atomic E-state index is -4.40. The number of piperidine rings is 1. The number of aryl methyl sites for hydroxylation is 1. The van der Waals surface area contributed by atoms with Gasteiger partial charge in [0.25, 0.3) is 0 Å². The van der Waals surface area contributed by atoms with Crippen LogP contribution in [0.4, 0.5) is 18.9 Å². The first-order valence-corrected chi connectivity index (χ1v) is 12.7. The highest BCUT2D eigenvalue weighted by atomic mass is 19.4. The average molecular weight is 490 g/mol. The molecule has 4 rings (SSSR count). The number of nitrogens with zero attached hydrogens (tertiary/aromatic N) is 3. The van der Waals surface area contributed by atoms with Gasteiger partial charge < -0.3 is 10.6 Å². The molecule has 1 saturated heterocycles. The number of fused-ring (bicyclic) bond motifs is 1. The van der Waals surface area contributed by atoms with Crippen LogP contribution < -0.4 is 10.2 Å². The topological polar surface area (TPSA) is 59.2 Å². The van der Waals surface area contributed by atoms with Crippen LogP contribution in [0.25, 0.3) is 0 Å². The Morgan fingerprint density at radius 2 is 1.97 bits per heavy atom. The van der Waals surface area contributed by atoms with Crippen molar-refractivity contribution in [3.05, 3.63) is 59.4 Å². The zero-order valence-electron chi connectivity index (χ0n) is 20.6. The molecule has 3 unspecified atom stereocenters. The number of carbonyl (C=O) groups is 1. The second-order valence-electron chi connectivity index (χ2n) is 10.1. The Kier molecular flexibility index (Phi) is 7.64. The molecule has 3 atom stereocenters. The summed E-state index contributed by atoms with van der Waals surface area (Å²) in [7, 11) is 0. The van der Waals surface area contributed by atoms with E-state index < -0.39 is 17.8 Å². The molecule has 35 heavy (non-hydrogen) atoms. The van der Waals surface area contributed by atoms with Crippen LogP contribution in [0.2, 0.25) is 0 Å². The molecule has 3 heterocycles. The first-order chi connectivity index (χ1) is 16.7. The molecule has 1 aromatic carbocycles. The number of quaternary nitrogens is 1. The van der Waals surface area contributed by atoms with Gasteiger partial charge in [0, 0.05) is 31.5 Å². The Labute approximate surface area is 205 Å². The molecule has 0 radical (unpaired) electrons. The third-order valence-corrected chi connectivity index (χ3v) is 8.02. The molecule has 2 aromatic rings. The maximum absolute atomic E-state index is 14.3. The van der Waals surface area contributed by atoms with Crippen LogP contribution in [-0.4, -0.2) is 54.1 Å². The number of halogens is 3. The van der Waals surface area contributed by atoms with Crippen LogP contribution >= 0.6 is 0 Å². The highest BCUT2D eigenvalue weighted by Crippen LogP contribution is 2.38. The second kappa shape index (κ2) is 10.4. The van der Waals surface area contributed by atoms with E-state index in [4.69, 9.17) is 5.73 Å². The highest BCUT2D eigenvalue weighted by molar-refractivity contribution is 5.94. The van der Waals surface area contributed by atoms with Crippen molar-refractivity contribution in [1.29, 1.82) is 0 Å². The van der Waals surface area contributed by atoms with E-state index in [2.05, 4.69) is 16.8 Å². The highest BCUT2D eigenvalue weighted by Gasteiger charge is 2.51. The minimum absolute atomic E-state index is 0.0339. The van der Waals surface area contributed by atoms with Gasteiger partial charge in [-0.3, -0.25) is 4.98 Å². The number of pyridine rings is 1. The van der Waals surface area contributed by atoms with E-state index in [-0.39, 0.29) is 22.3 Å². The largest absolute Gasteiger partial charge is 0.416 e. The Hall–Kier alpha value is -2.29. The molecular weight excluding hydrogens is 453 g/mol. The van der Waals surface area contributed by atoms with Crippen LogP contribution in [0.1, 0.15) is 49.9 Å². The van der Waals surface area contributed by atoms with Gasteiger partial charge in [0.05, 0.1) is 12.1 Å². The maximum Gasteiger partial charge on any atom is 0.416 e. The number of rotatable bonds is 6. The summed E-state index contributed by atoms with van der Waals surface area (Å²) < 4.78 is 40.1. The molecule has 0 bridgehead atoms. The van der Waals surface area contributed by atoms with Crippen molar-refractivity contribution in [2.45, 2.75) is 64.2 Å². The van der Waals surface area contributed by atoms with Gasteiger partial charge in [-0.15, -0.1) is 0 Å². The number of alkyl halides is 3. The molecule has 2 aliphatic heterocycles. The van der Waals surface area contributed by atoms with Crippen LogP contribution in [0.3, 0.4) is 0 Å². The summed E-state index contributed by atoms with van der Waals surface area (Å²) in [6.07, 6.45) is 0.990. The summed E-state index contributed by atoms with van der Waals surface area (Å²) in [5.74, 6) is 0.0662. The first-order valence-electron chi connectivity index (χ1n) is 12.7. The van der Waals surface area contributed by atoms with Gasteiger partial charge in [-0.1, -0.05) is 25.1 Å². The zero-order chi connectivity index (χ0) is 25.2. The Morgan fingerprint density at radius 3 is 2.66 bits per heavy atom. The predicted molar refractivity (Wildman–Crippen MR) is 132 cm³/mol. The van der Waals surface area contributed by atoms with Crippen molar-refractivity contribution in [2.24, 2.45) is 11.7 Å². The molecule has 0 aliphatic carbocycles. The normalized spacial score (nSPS) is 23.5. The lowest BCUT2D eigenvalue weighted by Gasteiger charge is -2.46. The molecule has 1 amide bonds. The molecule has 0 saturated carbocycles. The smallest absolute Gasteiger partial charge is 0.316 e. The lowest BCUT2D eigenvalue weighted by atomic mass is 9.86. The number of carbonyl (C=O) groups excluding carboxylic acids is 1. The molecule has 1 aromatic heterocycles. The summed E-state index contributed by atoms with van der Waals surface area (Å²) >= 11 is 0. The fourth-order valence-electron chi connectivity index (χ4n) is 5.97. The lowest BCUT2D eigenvalue weighted by molar-refractivity contribution is -0.138. The van der Waals surface area contributed by atoms with E-state index in [9.17, 15) is 18.0 Å². The minimum Gasteiger partial charge on any atom is -0.316 e. The van der Waals surface area contributed by atoms with Crippen molar-refractivity contribution in [2.75, 3.05) is 26.2 Å². The van der Waals surface area contributed by atoms with Gasteiger partial charge >= 0.3 is 12.1 Å². The molecule has 0 spiro atoms. The Balaban J connectivity index is 1.68. The fraction of sp³-hybridized carbons (Fsp3) is 0.556. The van der Waals surface area contributed by atoms with E-state index in [1.54, 1.807) is 12.3 Å². The number of aromatic nitrogens is 1. The number of benzene rings is 1. The van der Waals surface area contributed by atoms with E-state index >= 15 is 0 Å². The fourth-order valence-corrected chi connectivity index (χ4v) is 5.97. The third kappa shape index (κ3) is 5.15. The SMILES string of the molecule is CCN1CCC(C(N)C(=O)[N+]2(C(C)Cc3cccc(C(F)(F)F)c3)CCCc3ncccc32)CC1. The number of amides is 1. The van der Waals surface area contributed by atoms with Crippen LogP contribution in [0.5, 0.6) is 0 Å². The van der Waals surface area contributed by atoms with E-state index in [0.29, 0.717) is 18.5 Å². The van der Waals surface area contributed by atoms with Crippen molar-refractivity contribution in [3.8, 4) is 0 Å². The first kappa shape index (κ1) is 25.8. The van der Waals surface area contributed by atoms with Crippen molar-refractivity contribution < 1.29 is 18.0 Å². The summed E-state index contributed by atoms with van der Waals surface area (Å²) in [6, 6.07) is 8.33. The molecular formula is C27H36F3N4O+. The van der Waals surface area contributed by atoms with E-state index in [0.717, 1.165) is 62.8 Å². The van der Waals surface area contributed by atoms with Crippen LogP contribution in [0.15, 0.2) is 42.6 Å². The van der Waals surface area contributed by atoms with Gasteiger partial charge in [-0.2, -0.15) is 13.2 Å². The van der Waals surface area contributed by atoms with Gasteiger partial charge in [-0.25, -0.2) is 9.28 Å². The van der Waals surface area contributed by atoms with E-state index in [1.807, 2.05) is 19.1 Å². The zero-order valence-corrected chi connectivity index (χ0v) is 20.6. The van der Waals surface area contributed by atoms with Gasteiger partial charge in [0.15, 0.2) is 5.69 Å². The molecule has 8 heteroatoms. The van der Waals surface area contributed by atoms with Gasteiger partial charge in [0.2, 0.25) is 0 Å². The lowest BCUT2D eigenvalue weighted by Crippen LogP contribution is -2.68. The molecule has 190 valence electrons.